The molecule has 1 saturated heterocycles. The molecule has 1 heterocycles. The van der Waals surface area contributed by atoms with Gasteiger partial charge < -0.3 is 5.32 Å². The number of hydrogen-bond acceptors (Lipinski definition) is 4. The van der Waals surface area contributed by atoms with E-state index >= 15 is 0 Å². The zero-order valence-corrected chi connectivity index (χ0v) is 11.0. The highest BCUT2D eigenvalue weighted by Gasteiger charge is 2.10. The van der Waals surface area contributed by atoms with Gasteiger partial charge in [0.05, 0.1) is 4.92 Å². The van der Waals surface area contributed by atoms with Crippen LogP contribution in [0.3, 0.4) is 0 Å². The third-order valence-electron chi connectivity index (χ3n) is 2.99. The lowest BCUT2D eigenvalue weighted by atomic mass is 10.2. The minimum Gasteiger partial charge on any atom is -0.315 e. The van der Waals surface area contributed by atoms with Crippen molar-refractivity contribution in [2.75, 3.05) is 26.2 Å². The molecular weight excluding hydrogens is 254 g/mol. The lowest BCUT2D eigenvalue weighted by Gasteiger charge is -2.19. The second kappa shape index (κ2) is 7.31. The van der Waals surface area contributed by atoms with Gasteiger partial charge in [0.25, 0.3) is 5.69 Å². The summed E-state index contributed by atoms with van der Waals surface area (Å²) in [6.45, 7) is 5.10. The Bertz CT molecular complexity index is 375. The van der Waals surface area contributed by atoms with Gasteiger partial charge in [-0.25, -0.2) is 0 Å². The van der Waals surface area contributed by atoms with Crippen LogP contribution < -0.4 is 5.32 Å². The third-order valence-corrected chi connectivity index (χ3v) is 2.99. The fourth-order valence-electron chi connectivity index (χ4n) is 2.04. The van der Waals surface area contributed by atoms with Crippen molar-refractivity contribution in [1.82, 2.24) is 10.2 Å². The lowest BCUT2D eigenvalue weighted by Crippen LogP contribution is -2.27. The van der Waals surface area contributed by atoms with Gasteiger partial charge in [0.1, 0.15) is 0 Å². The summed E-state index contributed by atoms with van der Waals surface area (Å²) in [6.07, 6.45) is 1.16. The molecule has 1 fully saturated rings. The molecule has 0 atom stereocenters. The van der Waals surface area contributed by atoms with Crippen LogP contribution in [0.2, 0.25) is 0 Å². The fourth-order valence-corrected chi connectivity index (χ4v) is 2.04. The molecule has 0 unspecified atom stereocenters. The summed E-state index contributed by atoms with van der Waals surface area (Å²) in [5, 5.41) is 13.9. The van der Waals surface area contributed by atoms with Crippen LogP contribution in [-0.2, 0) is 6.54 Å². The van der Waals surface area contributed by atoms with E-state index in [-0.39, 0.29) is 23.0 Å². The summed E-state index contributed by atoms with van der Waals surface area (Å²) in [6, 6.07) is 6.84. The zero-order chi connectivity index (χ0) is 12.1. The van der Waals surface area contributed by atoms with Gasteiger partial charge >= 0.3 is 0 Å². The topological polar surface area (TPSA) is 58.4 Å². The first-order valence-electron chi connectivity index (χ1n) is 5.92. The van der Waals surface area contributed by atoms with E-state index in [0.717, 1.165) is 44.7 Å². The Morgan fingerprint density at radius 1 is 1.22 bits per heavy atom. The van der Waals surface area contributed by atoms with E-state index in [1.807, 2.05) is 12.1 Å². The first-order chi connectivity index (χ1) is 8.25. The van der Waals surface area contributed by atoms with Gasteiger partial charge in [-0.15, -0.1) is 12.4 Å². The monoisotopic (exact) mass is 271 g/mol. The summed E-state index contributed by atoms with van der Waals surface area (Å²) in [4.78, 5) is 12.5. The van der Waals surface area contributed by atoms with Crippen molar-refractivity contribution in [3.63, 3.8) is 0 Å². The average Bonchev–Trinajstić information content (AvgIpc) is 2.58. The Morgan fingerprint density at radius 3 is 2.61 bits per heavy atom. The van der Waals surface area contributed by atoms with Crippen molar-refractivity contribution in [1.29, 1.82) is 0 Å². The van der Waals surface area contributed by atoms with Crippen molar-refractivity contribution in [2.45, 2.75) is 13.0 Å². The maximum Gasteiger partial charge on any atom is 0.269 e. The van der Waals surface area contributed by atoms with Gasteiger partial charge in [0.15, 0.2) is 0 Å². The van der Waals surface area contributed by atoms with Crippen molar-refractivity contribution in [3.05, 3.63) is 39.9 Å². The van der Waals surface area contributed by atoms with Gasteiger partial charge in [-0.2, -0.15) is 0 Å². The van der Waals surface area contributed by atoms with E-state index in [4.69, 9.17) is 0 Å². The number of halogens is 1. The predicted octanol–water partition coefficient (Wildman–Crippen LogP) is 1.81. The van der Waals surface area contributed by atoms with Crippen LogP contribution in [0, 0.1) is 10.1 Å². The van der Waals surface area contributed by atoms with Crippen molar-refractivity contribution in [3.8, 4) is 0 Å². The molecule has 1 aliphatic rings. The molecule has 5 nitrogen and oxygen atoms in total. The van der Waals surface area contributed by atoms with Gasteiger partial charge in [-0.05, 0) is 25.1 Å². The molecule has 0 aliphatic carbocycles. The van der Waals surface area contributed by atoms with Crippen LogP contribution in [0.1, 0.15) is 12.0 Å². The minimum absolute atomic E-state index is 0. The Kier molecular flexibility index (Phi) is 6.04. The van der Waals surface area contributed by atoms with Crippen molar-refractivity contribution >= 4 is 18.1 Å². The molecule has 0 radical (unpaired) electrons. The number of nitro benzene ring substituents is 1. The molecule has 18 heavy (non-hydrogen) atoms. The molecule has 6 heteroatoms. The highest BCUT2D eigenvalue weighted by atomic mass is 35.5. The van der Waals surface area contributed by atoms with Crippen LogP contribution in [-0.4, -0.2) is 36.0 Å². The molecule has 0 amide bonds. The first-order valence-corrected chi connectivity index (χ1v) is 5.92. The van der Waals surface area contributed by atoms with E-state index < -0.39 is 0 Å². The normalized spacial score (nSPS) is 16.7. The molecule has 0 saturated carbocycles. The van der Waals surface area contributed by atoms with Crippen LogP contribution in [0.5, 0.6) is 0 Å². The highest BCUT2D eigenvalue weighted by Crippen LogP contribution is 2.13. The van der Waals surface area contributed by atoms with Crippen LogP contribution in [0.15, 0.2) is 24.3 Å². The molecule has 1 aromatic rings. The van der Waals surface area contributed by atoms with E-state index in [1.54, 1.807) is 12.1 Å². The number of rotatable bonds is 3. The van der Waals surface area contributed by atoms with E-state index in [2.05, 4.69) is 10.2 Å². The molecule has 0 spiro atoms. The number of non-ortho nitro benzene ring substituents is 1. The lowest BCUT2D eigenvalue weighted by molar-refractivity contribution is -0.384. The maximum atomic E-state index is 10.5. The molecule has 2 rings (SSSR count). The van der Waals surface area contributed by atoms with Gasteiger partial charge in [-0.3, -0.25) is 15.0 Å². The summed E-state index contributed by atoms with van der Waals surface area (Å²) in [5.74, 6) is 0. The van der Waals surface area contributed by atoms with Crippen molar-refractivity contribution in [2.24, 2.45) is 0 Å². The van der Waals surface area contributed by atoms with E-state index in [9.17, 15) is 10.1 Å². The third kappa shape index (κ3) is 4.25. The molecular formula is C12H18ClN3O2. The predicted molar refractivity (Wildman–Crippen MR) is 73.1 cm³/mol. The fraction of sp³-hybridized carbons (Fsp3) is 0.500. The van der Waals surface area contributed by atoms with Crippen LogP contribution >= 0.6 is 12.4 Å². The Hall–Kier alpha value is -1.17. The highest BCUT2D eigenvalue weighted by molar-refractivity contribution is 5.85. The number of nitrogens with zero attached hydrogens (tertiary/aromatic N) is 2. The molecule has 1 aliphatic heterocycles. The van der Waals surface area contributed by atoms with Gasteiger partial charge in [0.2, 0.25) is 0 Å². The number of benzene rings is 1. The number of nitro groups is 1. The second-order valence-corrected chi connectivity index (χ2v) is 4.30. The largest absolute Gasteiger partial charge is 0.315 e. The Morgan fingerprint density at radius 2 is 1.94 bits per heavy atom. The van der Waals surface area contributed by atoms with E-state index in [0.29, 0.717) is 0 Å². The van der Waals surface area contributed by atoms with Crippen molar-refractivity contribution < 1.29 is 4.92 Å². The molecule has 0 aromatic heterocycles. The average molecular weight is 272 g/mol. The second-order valence-electron chi connectivity index (χ2n) is 4.30. The molecule has 1 aromatic carbocycles. The van der Waals surface area contributed by atoms with E-state index in [1.165, 1.54) is 0 Å². The van der Waals surface area contributed by atoms with Gasteiger partial charge in [-0.1, -0.05) is 12.1 Å². The molecule has 100 valence electrons. The minimum atomic E-state index is -0.361. The van der Waals surface area contributed by atoms with Crippen LogP contribution in [0.4, 0.5) is 5.69 Å². The summed E-state index contributed by atoms with van der Waals surface area (Å²) in [5.41, 5.74) is 1.30. The van der Waals surface area contributed by atoms with Gasteiger partial charge in [0, 0.05) is 31.8 Å². The SMILES string of the molecule is Cl.O=[N+]([O-])c1ccc(CN2CCCNCC2)cc1. The standard InChI is InChI=1S/C12H17N3O2.ClH/c16-15(17)12-4-2-11(3-5-12)10-14-8-1-6-13-7-9-14;/h2-5,13H,1,6-10H2;1H. The Balaban J connectivity index is 0.00000162. The number of nitrogens with one attached hydrogen (secondary N) is 1. The smallest absolute Gasteiger partial charge is 0.269 e. The maximum absolute atomic E-state index is 10.5. The quantitative estimate of drug-likeness (QED) is 0.673. The molecule has 1 N–H and O–H groups in total. The summed E-state index contributed by atoms with van der Waals surface area (Å²) < 4.78 is 0. The summed E-state index contributed by atoms with van der Waals surface area (Å²) in [7, 11) is 0. The Labute approximate surface area is 113 Å². The zero-order valence-electron chi connectivity index (χ0n) is 10.2. The summed E-state index contributed by atoms with van der Waals surface area (Å²) >= 11 is 0. The number of hydrogen-bond donors (Lipinski definition) is 1. The van der Waals surface area contributed by atoms with Crippen LogP contribution in [0.25, 0.3) is 0 Å². The molecule has 0 bridgehead atoms. The first kappa shape index (κ1) is 14.9.